The van der Waals surface area contributed by atoms with Crippen LogP contribution in [-0.2, 0) is 4.79 Å². The van der Waals surface area contributed by atoms with Gasteiger partial charge >= 0.3 is 0 Å². The Morgan fingerprint density at radius 2 is 1.89 bits per heavy atom. The van der Waals surface area contributed by atoms with Crippen LogP contribution in [0.1, 0.15) is 32.8 Å². The van der Waals surface area contributed by atoms with E-state index in [1.807, 2.05) is 24.3 Å². The number of halogens is 1. The number of ketones is 1. The van der Waals surface area contributed by atoms with Crippen molar-refractivity contribution in [2.45, 2.75) is 27.2 Å². The molecule has 4 rings (SSSR count). The van der Waals surface area contributed by atoms with Crippen LogP contribution in [0.3, 0.4) is 0 Å². The van der Waals surface area contributed by atoms with Crippen molar-refractivity contribution in [2.24, 2.45) is 23.2 Å². The summed E-state index contributed by atoms with van der Waals surface area (Å²) in [5, 5.41) is 0.731. The molecule has 0 unspecified atom stereocenters. The zero-order chi connectivity index (χ0) is 13.8. The van der Waals surface area contributed by atoms with Crippen LogP contribution in [-0.4, -0.2) is 5.78 Å². The predicted molar refractivity (Wildman–Crippen MR) is 79.0 cm³/mol. The molecular formula is C17H19ClO. The number of fused-ring (bicyclic) bond motifs is 2. The Balaban J connectivity index is 1.99. The maximum absolute atomic E-state index is 12.4. The molecule has 0 spiro atoms. The fourth-order valence-corrected chi connectivity index (χ4v) is 3.99. The van der Waals surface area contributed by atoms with E-state index in [1.54, 1.807) is 0 Å². The molecule has 19 heavy (non-hydrogen) atoms. The number of hydrogen-bond donors (Lipinski definition) is 0. The molecule has 100 valence electrons. The van der Waals surface area contributed by atoms with Crippen LogP contribution in [0.2, 0.25) is 5.02 Å². The zero-order valence-corrected chi connectivity index (χ0v) is 12.4. The van der Waals surface area contributed by atoms with Crippen molar-refractivity contribution < 1.29 is 4.79 Å². The van der Waals surface area contributed by atoms with Crippen molar-refractivity contribution in [1.29, 1.82) is 0 Å². The third kappa shape index (κ3) is 1.87. The van der Waals surface area contributed by atoms with E-state index in [0.29, 0.717) is 17.6 Å². The predicted octanol–water partition coefficient (Wildman–Crippen LogP) is 4.60. The van der Waals surface area contributed by atoms with E-state index < -0.39 is 0 Å². The van der Waals surface area contributed by atoms with E-state index in [-0.39, 0.29) is 11.3 Å². The van der Waals surface area contributed by atoms with Gasteiger partial charge in [0.05, 0.1) is 0 Å². The first kappa shape index (κ1) is 12.9. The number of carbonyl (C=O) groups excluding carboxylic acids is 1. The van der Waals surface area contributed by atoms with Crippen LogP contribution in [0.5, 0.6) is 0 Å². The first-order valence-corrected chi connectivity index (χ1v) is 7.30. The summed E-state index contributed by atoms with van der Waals surface area (Å²) in [5.41, 5.74) is 2.36. The quantitative estimate of drug-likeness (QED) is 0.684. The van der Waals surface area contributed by atoms with Gasteiger partial charge in [0.15, 0.2) is 5.78 Å². The van der Waals surface area contributed by atoms with Gasteiger partial charge in [0.25, 0.3) is 0 Å². The van der Waals surface area contributed by atoms with E-state index >= 15 is 0 Å². The summed E-state index contributed by atoms with van der Waals surface area (Å²) in [6, 6.07) is 7.70. The zero-order valence-electron chi connectivity index (χ0n) is 11.6. The number of Topliss-reactive ketones (excluding diaryl/α,β-unsaturated/α-hetero) is 1. The van der Waals surface area contributed by atoms with Crippen LogP contribution < -0.4 is 0 Å². The second-order valence-corrected chi connectivity index (χ2v) is 6.96. The van der Waals surface area contributed by atoms with Gasteiger partial charge in [0.2, 0.25) is 0 Å². The molecule has 0 N–H and O–H groups in total. The maximum atomic E-state index is 12.4. The lowest BCUT2D eigenvalue weighted by Crippen LogP contribution is -2.56. The lowest BCUT2D eigenvalue weighted by Gasteiger charge is -2.59. The van der Waals surface area contributed by atoms with Crippen molar-refractivity contribution in [3.8, 4) is 0 Å². The Morgan fingerprint density at radius 3 is 2.47 bits per heavy atom. The average Bonchev–Trinajstić information content (AvgIpc) is 2.36. The number of carbonyl (C=O) groups is 1. The largest absolute Gasteiger partial charge is 0.294 e. The first-order valence-electron chi connectivity index (χ1n) is 6.92. The molecule has 1 aromatic rings. The van der Waals surface area contributed by atoms with Crippen molar-refractivity contribution >= 4 is 23.5 Å². The summed E-state index contributed by atoms with van der Waals surface area (Å²) in [5.74, 6) is 1.50. The molecule has 1 aromatic carbocycles. The molecule has 2 heteroatoms. The molecule has 3 aliphatic carbocycles. The fourth-order valence-electron chi connectivity index (χ4n) is 3.86. The third-order valence-corrected chi connectivity index (χ3v) is 5.46. The van der Waals surface area contributed by atoms with Crippen molar-refractivity contribution in [3.05, 3.63) is 40.4 Å². The van der Waals surface area contributed by atoms with Gasteiger partial charge in [-0.2, -0.15) is 0 Å². The molecular weight excluding hydrogens is 256 g/mol. The van der Waals surface area contributed by atoms with Crippen LogP contribution in [0.4, 0.5) is 0 Å². The standard InChI is InChI=1S/C17H19ClO/c1-10-14-9-15(17(14,2)3)13(16(10)19)8-11-4-6-12(18)7-5-11/h4-8,10,14-15H,9H2,1-3H3/t10-,14+,15-/m0/s1. The summed E-state index contributed by atoms with van der Waals surface area (Å²) in [6.07, 6.45) is 3.23. The number of allylic oxidation sites excluding steroid dienone is 1. The van der Waals surface area contributed by atoms with Gasteiger partial charge in [-0.3, -0.25) is 4.79 Å². The number of benzene rings is 1. The van der Waals surface area contributed by atoms with Gasteiger partial charge in [-0.15, -0.1) is 0 Å². The fraction of sp³-hybridized carbons (Fsp3) is 0.471. The van der Waals surface area contributed by atoms with Crippen LogP contribution in [0.25, 0.3) is 6.08 Å². The average molecular weight is 275 g/mol. The van der Waals surface area contributed by atoms with Crippen molar-refractivity contribution in [2.75, 3.05) is 0 Å². The monoisotopic (exact) mass is 274 g/mol. The van der Waals surface area contributed by atoms with E-state index in [0.717, 1.165) is 16.2 Å². The Bertz CT molecular complexity index is 553. The van der Waals surface area contributed by atoms with Crippen molar-refractivity contribution in [1.82, 2.24) is 0 Å². The molecule has 0 amide bonds. The van der Waals surface area contributed by atoms with Gasteiger partial charge < -0.3 is 0 Å². The summed E-state index contributed by atoms with van der Waals surface area (Å²) in [6.45, 7) is 6.68. The topological polar surface area (TPSA) is 17.1 Å². The second kappa shape index (κ2) is 4.21. The Hall–Kier alpha value is -1.08. The highest BCUT2D eigenvalue weighted by Crippen LogP contribution is 2.62. The lowest BCUT2D eigenvalue weighted by molar-refractivity contribution is -0.139. The van der Waals surface area contributed by atoms with Gasteiger partial charge in [0.1, 0.15) is 0 Å². The van der Waals surface area contributed by atoms with E-state index in [1.165, 1.54) is 6.42 Å². The maximum Gasteiger partial charge on any atom is 0.162 e. The molecule has 3 fully saturated rings. The first-order chi connectivity index (χ1) is 8.91. The highest BCUT2D eigenvalue weighted by molar-refractivity contribution is 6.30. The number of rotatable bonds is 1. The van der Waals surface area contributed by atoms with Crippen LogP contribution in [0, 0.1) is 23.2 Å². The summed E-state index contributed by atoms with van der Waals surface area (Å²) >= 11 is 5.90. The van der Waals surface area contributed by atoms with Crippen molar-refractivity contribution in [3.63, 3.8) is 0 Å². The Kier molecular flexibility index (Phi) is 2.86. The second-order valence-electron chi connectivity index (χ2n) is 6.52. The molecule has 0 heterocycles. The minimum atomic E-state index is 0.165. The molecule has 0 aromatic heterocycles. The van der Waals surface area contributed by atoms with E-state index in [2.05, 4.69) is 26.8 Å². The molecule has 1 nitrogen and oxygen atoms in total. The van der Waals surface area contributed by atoms with Gasteiger partial charge in [0, 0.05) is 10.9 Å². The molecule has 3 atom stereocenters. The van der Waals surface area contributed by atoms with Crippen LogP contribution in [0.15, 0.2) is 29.8 Å². The van der Waals surface area contributed by atoms with Gasteiger partial charge in [-0.1, -0.05) is 44.5 Å². The minimum absolute atomic E-state index is 0.165. The van der Waals surface area contributed by atoms with Gasteiger partial charge in [-0.05, 0) is 53.0 Å². The normalized spacial score (nSPS) is 34.2. The van der Waals surface area contributed by atoms with Crippen LogP contribution >= 0.6 is 11.6 Å². The molecule has 0 aliphatic heterocycles. The molecule has 3 saturated carbocycles. The summed E-state index contributed by atoms with van der Waals surface area (Å²) in [4.78, 5) is 12.4. The van der Waals surface area contributed by atoms with E-state index in [9.17, 15) is 4.79 Å². The summed E-state index contributed by atoms with van der Waals surface area (Å²) in [7, 11) is 0. The summed E-state index contributed by atoms with van der Waals surface area (Å²) < 4.78 is 0. The van der Waals surface area contributed by atoms with E-state index in [4.69, 9.17) is 11.6 Å². The molecule has 2 bridgehead atoms. The third-order valence-electron chi connectivity index (χ3n) is 5.21. The lowest BCUT2D eigenvalue weighted by atomic mass is 9.44. The molecule has 0 radical (unpaired) electrons. The SMILES string of the molecule is C[C@@H]1C(=O)C(=Cc2ccc(Cl)cc2)[C@@H]2C[C@H]1C2(C)C. The minimum Gasteiger partial charge on any atom is -0.294 e. The Morgan fingerprint density at radius 1 is 1.26 bits per heavy atom. The number of hydrogen-bond acceptors (Lipinski definition) is 1. The highest BCUT2D eigenvalue weighted by Gasteiger charge is 2.58. The molecule has 0 saturated heterocycles. The molecule has 3 aliphatic rings. The van der Waals surface area contributed by atoms with Gasteiger partial charge in [-0.25, -0.2) is 0 Å². The Labute approximate surface area is 119 Å². The highest BCUT2D eigenvalue weighted by atomic mass is 35.5. The smallest absolute Gasteiger partial charge is 0.162 e.